The van der Waals surface area contributed by atoms with Gasteiger partial charge in [0.25, 0.3) is 0 Å². The Balaban J connectivity index is 3.38. The van der Waals surface area contributed by atoms with Gasteiger partial charge >= 0.3 is 5.97 Å². The Morgan fingerprint density at radius 2 is 1.00 bits per heavy atom. The number of hydrogen-bond acceptors (Lipinski definition) is 4. The van der Waals surface area contributed by atoms with Crippen molar-refractivity contribution in [3.63, 3.8) is 0 Å². The van der Waals surface area contributed by atoms with E-state index in [1.54, 1.807) is 0 Å². The Morgan fingerprint density at radius 1 is 0.590 bits per heavy atom. The molecular formula is C35H68O4. The first kappa shape index (κ1) is 38.1. The molecule has 0 saturated heterocycles. The molecule has 4 heteroatoms. The molecule has 0 aliphatic heterocycles. The lowest BCUT2D eigenvalue weighted by Gasteiger charge is -2.16. The molecule has 0 aromatic carbocycles. The molecule has 4 nitrogen and oxygen atoms in total. The molecule has 0 spiro atoms. The Hall–Kier alpha value is -0.870. The van der Waals surface area contributed by atoms with Crippen LogP contribution in [0.1, 0.15) is 181 Å². The predicted octanol–water partition coefficient (Wildman–Crippen LogP) is 10.6. The van der Waals surface area contributed by atoms with E-state index < -0.39 is 6.10 Å². The lowest BCUT2D eigenvalue weighted by atomic mass is 10.1. The van der Waals surface area contributed by atoms with E-state index in [1.807, 2.05) is 0 Å². The van der Waals surface area contributed by atoms with Gasteiger partial charge in [0.2, 0.25) is 0 Å². The highest BCUT2D eigenvalue weighted by Gasteiger charge is 2.13. The number of allylic oxidation sites excluding steroid dienone is 2. The maximum Gasteiger partial charge on any atom is 0.306 e. The third kappa shape index (κ3) is 31.5. The molecule has 1 N–H and O–H groups in total. The molecule has 0 amide bonds. The largest absolute Gasteiger partial charge is 0.457 e. The lowest BCUT2D eigenvalue weighted by molar-refractivity contribution is -0.154. The van der Waals surface area contributed by atoms with Gasteiger partial charge in [-0.3, -0.25) is 4.79 Å². The van der Waals surface area contributed by atoms with Crippen LogP contribution in [0.3, 0.4) is 0 Å². The van der Waals surface area contributed by atoms with Crippen LogP contribution in [0.5, 0.6) is 0 Å². The Morgan fingerprint density at radius 3 is 1.46 bits per heavy atom. The van der Waals surface area contributed by atoms with Gasteiger partial charge in [-0.1, -0.05) is 148 Å². The molecule has 0 aliphatic carbocycles. The van der Waals surface area contributed by atoms with E-state index in [9.17, 15) is 9.90 Å². The van der Waals surface area contributed by atoms with Gasteiger partial charge in [-0.05, 0) is 38.5 Å². The summed E-state index contributed by atoms with van der Waals surface area (Å²) in [6.07, 6.45) is 36.8. The van der Waals surface area contributed by atoms with Gasteiger partial charge in [0.15, 0.2) is 0 Å². The van der Waals surface area contributed by atoms with Crippen molar-refractivity contribution in [2.24, 2.45) is 0 Å². The van der Waals surface area contributed by atoms with Crippen LogP contribution in [0.15, 0.2) is 12.2 Å². The first-order valence-corrected chi connectivity index (χ1v) is 17.3. The topological polar surface area (TPSA) is 55.8 Å². The molecule has 232 valence electrons. The number of aliphatic hydroxyl groups excluding tert-OH is 1. The average molecular weight is 553 g/mol. The fourth-order valence-corrected chi connectivity index (χ4v) is 4.97. The summed E-state index contributed by atoms with van der Waals surface area (Å²) in [6, 6.07) is 0. The number of hydrogen-bond donors (Lipinski definition) is 1. The standard InChI is InChI=1S/C35H68O4/c1-3-5-7-9-11-13-14-15-16-17-18-19-20-21-22-23-25-27-29-31-38-33-34(32-36)39-35(37)30-28-26-24-12-10-8-6-4-2/h16-17,34,36H,3-15,18-33H2,1-2H3/b17-16-. The normalized spacial score (nSPS) is 12.4. The summed E-state index contributed by atoms with van der Waals surface area (Å²) in [6.45, 7) is 5.32. The van der Waals surface area contributed by atoms with Crippen LogP contribution >= 0.6 is 0 Å². The van der Waals surface area contributed by atoms with Crippen LogP contribution in [0.2, 0.25) is 0 Å². The van der Waals surface area contributed by atoms with E-state index in [1.165, 1.54) is 141 Å². The molecule has 39 heavy (non-hydrogen) atoms. The van der Waals surface area contributed by atoms with E-state index in [4.69, 9.17) is 9.47 Å². The van der Waals surface area contributed by atoms with Gasteiger partial charge in [0.05, 0.1) is 13.2 Å². The van der Waals surface area contributed by atoms with Crippen LogP contribution in [0, 0.1) is 0 Å². The molecule has 0 fully saturated rings. The van der Waals surface area contributed by atoms with Gasteiger partial charge < -0.3 is 14.6 Å². The minimum atomic E-state index is -0.526. The third-order valence-electron chi connectivity index (χ3n) is 7.59. The van der Waals surface area contributed by atoms with Crippen molar-refractivity contribution in [1.29, 1.82) is 0 Å². The summed E-state index contributed by atoms with van der Waals surface area (Å²) in [4.78, 5) is 12.0. The first-order valence-electron chi connectivity index (χ1n) is 17.3. The first-order chi connectivity index (χ1) is 19.2. The minimum Gasteiger partial charge on any atom is -0.457 e. The quantitative estimate of drug-likeness (QED) is 0.0512. The van der Waals surface area contributed by atoms with Crippen LogP contribution < -0.4 is 0 Å². The van der Waals surface area contributed by atoms with Crippen molar-refractivity contribution < 1.29 is 19.4 Å². The Bertz CT molecular complexity index is 505. The Kier molecular flexibility index (Phi) is 32.6. The van der Waals surface area contributed by atoms with Crippen molar-refractivity contribution in [3.8, 4) is 0 Å². The van der Waals surface area contributed by atoms with E-state index in [-0.39, 0.29) is 12.6 Å². The number of ether oxygens (including phenoxy) is 2. The summed E-state index contributed by atoms with van der Waals surface area (Å²) in [7, 11) is 0. The molecule has 0 aromatic heterocycles. The molecule has 0 aliphatic rings. The molecule has 0 bridgehead atoms. The minimum absolute atomic E-state index is 0.168. The molecule has 1 atom stereocenters. The summed E-state index contributed by atoms with van der Waals surface area (Å²) < 4.78 is 11.1. The predicted molar refractivity (Wildman–Crippen MR) is 168 cm³/mol. The molecule has 0 saturated carbocycles. The maximum absolute atomic E-state index is 12.0. The Labute approximate surface area is 244 Å². The zero-order chi connectivity index (χ0) is 28.5. The summed E-state index contributed by atoms with van der Waals surface area (Å²) in [5.41, 5.74) is 0. The van der Waals surface area contributed by atoms with Gasteiger partial charge in [0, 0.05) is 13.0 Å². The average Bonchev–Trinajstić information content (AvgIpc) is 2.94. The summed E-state index contributed by atoms with van der Waals surface area (Å²) >= 11 is 0. The lowest BCUT2D eigenvalue weighted by Crippen LogP contribution is -2.27. The van der Waals surface area contributed by atoms with Crippen LogP contribution in [-0.2, 0) is 14.3 Å². The summed E-state index contributed by atoms with van der Waals surface area (Å²) in [5, 5.41) is 9.49. The van der Waals surface area contributed by atoms with E-state index in [2.05, 4.69) is 26.0 Å². The van der Waals surface area contributed by atoms with Crippen molar-refractivity contribution >= 4 is 5.97 Å². The fraction of sp³-hybridized carbons (Fsp3) is 0.914. The zero-order valence-corrected chi connectivity index (χ0v) is 26.4. The number of unbranched alkanes of at least 4 members (excludes halogenated alkanes) is 22. The van der Waals surface area contributed by atoms with E-state index in [0.29, 0.717) is 19.6 Å². The highest BCUT2D eigenvalue weighted by molar-refractivity contribution is 5.69. The van der Waals surface area contributed by atoms with Crippen molar-refractivity contribution in [1.82, 2.24) is 0 Å². The number of carbonyl (C=O) groups is 1. The van der Waals surface area contributed by atoms with Crippen LogP contribution in [0.4, 0.5) is 0 Å². The van der Waals surface area contributed by atoms with Crippen molar-refractivity contribution in [2.45, 2.75) is 187 Å². The number of carbonyl (C=O) groups excluding carboxylic acids is 1. The second-order valence-electron chi connectivity index (χ2n) is 11.6. The SMILES string of the molecule is CCCCCCCCC/C=C\CCCCCCCCCCOCC(CO)OC(=O)CCCCCCCCCC. The highest BCUT2D eigenvalue weighted by Crippen LogP contribution is 2.13. The van der Waals surface area contributed by atoms with Gasteiger partial charge in [-0.2, -0.15) is 0 Å². The van der Waals surface area contributed by atoms with Gasteiger partial charge in [0.1, 0.15) is 6.10 Å². The molecule has 1 unspecified atom stereocenters. The second kappa shape index (κ2) is 33.3. The smallest absolute Gasteiger partial charge is 0.306 e. The molecular weight excluding hydrogens is 484 g/mol. The highest BCUT2D eigenvalue weighted by atomic mass is 16.6. The van der Waals surface area contributed by atoms with Crippen molar-refractivity contribution in [2.75, 3.05) is 19.8 Å². The zero-order valence-electron chi connectivity index (χ0n) is 26.4. The number of rotatable bonds is 32. The van der Waals surface area contributed by atoms with E-state index >= 15 is 0 Å². The van der Waals surface area contributed by atoms with Crippen molar-refractivity contribution in [3.05, 3.63) is 12.2 Å². The third-order valence-corrected chi connectivity index (χ3v) is 7.59. The fourth-order valence-electron chi connectivity index (χ4n) is 4.97. The second-order valence-corrected chi connectivity index (χ2v) is 11.6. The number of aliphatic hydroxyl groups is 1. The summed E-state index contributed by atoms with van der Waals surface area (Å²) in [5.74, 6) is -0.205. The van der Waals surface area contributed by atoms with Crippen LogP contribution in [0.25, 0.3) is 0 Å². The molecule has 0 rings (SSSR count). The van der Waals surface area contributed by atoms with E-state index in [0.717, 1.165) is 19.3 Å². The molecule has 0 radical (unpaired) electrons. The molecule has 0 aromatic rings. The number of esters is 1. The van der Waals surface area contributed by atoms with Crippen LogP contribution in [-0.4, -0.2) is 37.0 Å². The molecule has 0 heterocycles. The monoisotopic (exact) mass is 553 g/mol. The maximum atomic E-state index is 12.0. The van der Waals surface area contributed by atoms with Gasteiger partial charge in [-0.15, -0.1) is 0 Å². The van der Waals surface area contributed by atoms with Gasteiger partial charge in [-0.25, -0.2) is 0 Å².